The van der Waals surface area contributed by atoms with Crippen LogP contribution in [0.25, 0.3) is 0 Å². The number of benzene rings is 1. The van der Waals surface area contributed by atoms with Crippen molar-refractivity contribution >= 4 is 5.91 Å². The Morgan fingerprint density at radius 3 is 2.50 bits per heavy atom. The van der Waals surface area contributed by atoms with E-state index in [1.807, 2.05) is 0 Å². The molecule has 0 spiro atoms. The van der Waals surface area contributed by atoms with Gasteiger partial charge in [-0.2, -0.15) is 13.2 Å². The van der Waals surface area contributed by atoms with E-state index < -0.39 is 11.9 Å². The van der Waals surface area contributed by atoms with Gasteiger partial charge in [0.1, 0.15) is 11.8 Å². The Labute approximate surface area is 159 Å². The van der Waals surface area contributed by atoms with Gasteiger partial charge in [-0.3, -0.25) is 4.79 Å². The molecule has 0 aliphatic carbocycles. The molecule has 2 aromatic rings. The Morgan fingerprint density at radius 2 is 1.86 bits per heavy atom. The van der Waals surface area contributed by atoms with Gasteiger partial charge in [-0.25, -0.2) is 4.98 Å². The Balaban J connectivity index is 1.53. The molecular weight excluding hydrogens is 377 g/mol. The zero-order valence-electron chi connectivity index (χ0n) is 15.3. The molecule has 0 bridgehead atoms. The molecular formula is C19H19F3N2O4. The Bertz CT molecular complexity index is 851. The van der Waals surface area contributed by atoms with Crippen molar-refractivity contribution in [1.29, 1.82) is 0 Å². The van der Waals surface area contributed by atoms with Crippen molar-refractivity contribution in [2.24, 2.45) is 0 Å². The summed E-state index contributed by atoms with van der Waals surface area (Å²) < 4.78 is 53.9. The van der Waals surface area contributed by atoms with Crippen LogP contribution in [0, 0.1) is 0 Å². The van der Waals surface area contributed by atoms with E-state index in [1.54, 1.807) is 23.1 Å². The van der Waals surface area contributed by atoms with Crippen molar-refractivity contribution in [3.05, 3.63) is 47.7 Å². The summed E-state index contributed by atoms with van der Waals surface area (Å²) in [7, 11) is 3.05. The molecule has 0 N–H and O–H groups in total. The molecule has 1 aromatic carbocycles. The lowest BCUT2D eigenvalue weighted by atomic mass is 10.1. The quantitative estimate of drug-likeness (QED) is 0.752. The zero-order chi connectivity index (χ0) is 20.3. The largest absolute Gasteiger partial charge is 0.493 e. The predicted octanol–water partition coefficient (Wildman–Crippen LogP) is 2.95. The summed E-state index contributed by atoms with van der Waals surface area (Å²) in [4.78, 5) is 17.4. The highest BCUT2D eigenvalue weighted by molar-refractivity contribution is 5.80. The fourth-order valence-corrected chi connectivity index (χ4v) is 2.80. The topological polar surface area (TPSA) is 60.9 Å². The van der Waals surface area contributed by atoms with E-state index >= 15 is 0 Å². The number of aromatic nitrogens is 1. The van der Waals surface area contributed by atoms with Gasteiger partial charge >= 0.3 is 6.18 Å². The van der Waals surface area contributed by atoms with Gasteiger partial charge < -0.3 is 19.1 Å². The number of hydrogen-bond donors (Lipinski definition) is 0. The van der Waals surface area contributed by atoms with E-state index in [0.29, 0.717) is 24.6 Å². The number of nitrogens with zero attached hydrogens (tertiary/aromatic N) is 2. The SMILES string of the molecule is COc1ccc(CC(=O)N2CC(Oc3cccc(C(F)(F)F)n3)C2)cc1OC. The summed E-state index contributed by atoms with van der Waals surface area (Å²) in [6, 6.07) is 8.72. The van der Waals surface area contributed by atoms with Gasteiger partial charge in [-0.15, -0.1) is 0 Å². The second-order valence-electron chi connectivity index (χ2n) is 6.26. The molecule has 0 unspecified atom stereocenters. The Hall–Kier alpha value is -2.97. The molecule has 1 aromatic heterocycles. The number of methoxy groups -OCH3 is 2. The van der Waals surface area contributed by atoms with Crippen LogP contribution in [-0.2, 0) is 17.4 Å². The Kier molecular flexibility index (Phi) is 5.62. The Morgan fingerprint density at radius 1 is 1.14 bits per heavy atom. The van der Waals surface area contributed by atoms with E-state index in [9.17, 15) is 18.0 Å². The van der Waals surface area contributed by atoms with E-state index in [0.717, 1.165) is 11.6 Å². The van der Waals surface area contributed by atoms with Gasteiger partial charge in [0.15, 0.2) is 11.5 Å². The van der Waals surface area contributed by atoms with Crippen LogP contribution < -0.4 is 14.2 Å². The molecule has 1 aliphatic heterocycles. The second-order valence-corrected chi connectivity index (χ2v) is 6.26. The summed E-state index contributed by atoms with van der Waals surface area (Å²) in [5.41, 5.74) is -0.239. The number of likely N-dealkylation sites (tertiary alicyclic amines) is 1. The molecule has 0 saturated carbocycles. The van der Waals surface area contributed by atoms with Crippen LogP contribution in [0.1, 0.15) is 11.3 Å². The number of halogens is 3. The number of carbonyl (C=O) groups is 1. The fourth-order valence-electron chi connectivity index (χ4n) is 2.80. The van der Waals surface area contributed by atoms with Crippen LogP contribution >= 0.6 is 0 Å². The number of carbonyl (C=O) groups excluding carboxylic acids is 1. The first-order valence-electron chi connectivity index (χ1n) is 8.49. The minimum atomic E-state index is -4.53. The smallest absolute Gasteiger partial charge is 0.433 e. The molecule has 1 fully saturated rings. The van der Waals surface area contributed by atoms with Crippen molar-refractivity contribution in [3.63, 3.8) is 0 Å². The van der Waals surface area contributed by atoms with Crippen LogP contribution in [0.3, 0.4) is 0 Å². The molecule has 0 radical (unpaired) electrons. The molecule has 1 amide bonds. The summed E-state index contributed by atoms with van der Waals surface area (Å²) >= 11 is 0. The van der Waals surface area contributed by atoms with E-state index in [2.05, 4.69) is 4.98 Å². The average Bonchev–Trinajstić information content (AvgIpc) is 2.63. The first-order valence-corrected chi connectivity index (χ1v) is 8.49. The molecule has 28 heavy (non-hydrogen) atoms. The molecule has 1 aliphatic rings. The number of amides is 1. The van der Waals surface area contributed by atoms with Crippen LogP contribution in [0.15, 0.2) is 36.4 Å². The highest BCUT2D eigenvalue weighted by Gasteiger charge is 2.35. The fraction of sp³-hybridized carbons (Fsp3) is 0.368. The highest BCUT2D eigenvalue weighted by Crippen LogP contribution is 2.30. The third kappa shape index (κ3) is 4.47. The van der Waals surface area contributed by atoms with Gasteiger partial charge in [-0.05, 0) is 23.8 Å². The lowest BCUT2D eigenvalue weighted by molar-refractivity contribution is -0.141. The first-order chi connectivity index (χ1) is 13.3. The monoisotopic (exact) mass is 396 g/mol. The van der Waals surface area contributed by atoms with Gasteiger partial charge in [0, 0.05) is 6.07 Å². The zero-order valence-corrected chi connectivity index (χ0v) is 15.3. The molecule has 9 heteroatoms. The number of alkyl halides is 3. The molecule has 6 nitrogen and oxygen atoms in total. The maximum atomic E-state index is 12.7. The summed E-state index contributed by atoms with van der Waals surface area (Å²) in [5.74, 6) is 0.897. The van der Waals surface area contributed by atoms with Gasteiger partial charge in [0.2, 0.25) is 11.8 Å². The molecule has 3 rings (SSSR count). The molecule has 150 valence electrons. The van der Waals surface area contributed by atoms with Crippen molar-refractivity contribution in [2.45, 2.75) is 18.7 Å². The number of rotatable bonds is 6. The van der Waals surface area contributed by atoms with Gasteiger partial charge in [-0.1, -0.05) is 12.1 Å². The van der Waals surface area contributed by atoms with Crippen LogP contribution in [-0.4, -0.2) is 49.2 Å². The summed E-state index contributed by atoms with van der Waals surface area (Å²) in [5, 5.41) is 0. The van der Waals surface area contributed by atoms with Crippen molar-refractivity contribution < 1.29 is 32.2 Å². The molecule has 2 heterocycles. The molecule has 1 saturated heterocycles. The third-order valence-electron chi connectivity index (χ3n) is 4.31. The average molecular weight is 396 g/mol. The highest BCUT2D eigenvalue weighted by atomic mass is 19.4. The van der Waals surface area contributed by atoms with Crippen molar-refractivity contribution in [2.75, 3.05) is 27.3 Å². The standard InChI is InChI=1S/C19H19F3N2O4/c1-26-14-7-6-12(8-15(14)27-2)9-18(25)24-10-13(11-24)28-17-5-3-4-16(23-17)19(20,21)22/h3-8,13H,9-11H2,1-2H3. The van der Waals surface area contributed by atoms with Crippen LogP contribution in [0.5, 0.6) is 17.4 Å². The van der Waals surface area contributed by atoms with Crippen LogP contribution in [0.2, 0.25) is 0 Å². The molecule has 0 atom stereocenters. The van der Waals surface area contributed by atoms with Gasteiger partial charge in [0.05, 0.1) is 33.7 Å². The van der Waals surface area contributed by atoms with Crippen molar-refractivity contribution in [1.82, 2.24) is 9.88 Å². The maximum Gasteiger partial charge on any atom is 0.433 e. The van der Waals surface area contributed by atoms with E-state index in [-0.39, 0.29) is 24.3 Å². The third-order valence-corrected chi connectivity index (χ3v) is 4.31. The lowest BCUT2D eigenvalue weighted by Gasteiger charge is -2.38. The van der Waals surface area contributed by atoms with Crippen molar-refractivity contribution in [3.8, 4) is 17.4 Å². The number of ether oxygens (including phenoxy) is 3. The minimum absolute atomic E-state index is 0.105. The predicted molar refractivity (Wildman–Crippen MR) is 93.5 cm³/mol. The second kappa shape index (κ2) is 7.95. The van der Waals surface area contributed by atoms with E-state index in [1.165, 1.54) is 26.4 Å². The number of pyridine rings is 1. The van der Waals surface area contributed by atoms with Gasteiger partial charge in [0.25, 0.3) is 0 Å². The minimum Gasteiger partial charge on any atom is -0.493 e. The number of hydrogen-bond acceptors (Lipinski definition) is 5. The van der Waals surface area contributed by atoms with E-state index in [4.69, 9.17) is 14.2 Å². The van der Waals surface area contributed by atoms with Crippen LogP contribution in [0.4, 0.5) is 13.2 Å². The first kappa shape index (κ1) is 19.8. The normalized spacial score (nSPS) is 14.4. The summed E-state index contributed by atoms with van der Waals surface area (Å²) in [6.07, 6.45) is -4.74. The summed E-state index contributed by atoms with van der Waals surface area (Å²) in [6.45, 7) is 0.591. The lowest BCUT2D eigenvalue weighted by Crippen LogP contribution is -2.56. The maximum absolute atomic E-state index is 12.7.